The van der Waals surface area contributed by atoms with Gasteiger partial charge in [-0.25, -0.2) is 8.42 Å². The van der Waals surface area contributed by atoms with Crippen LogP contribution in [0.5, 0.6) is 0 Å². The van der Waals surface area contributed by atoms with Crippen LogP contribution in [0, 0.1) is 0 Å². The smallest absolute Gasteiger partial charge is 0.217 e. The Labute approximate surface area is 135 Å². The third kappa shape index (κ3) is 4.08. The van der Waals surface area contributed by atoms with E-state index in [0.29, 0.717) is 10.6 Å². The molecule has 0 aromatic heterocycles. The van der Waals surface area contributed by atoms with E-state index in [9.17, 15) is 13.2 Å². The van der Waals surface area contributed by atoms with Gasteiger partial charge < -0.3 is 5.32 Å². The summed E-state index contributed by atoms with van der Waals surface area (Å²) < 4.78 is 23.4. The Morgan fingerprint density at radius 3 is 2.27 bits per heavy atom. The molecule has 0 aliphatic heterocycles. The van der Waals surface area contributed by atoms with Crippen LogP contribution in [0.4, 0.5) is 0 Å². The average molecular weight is 338 g/mol. The van der Waals surface area contributed by atoms with Crippen molar-refractivity contribution in [2.24, 2.45) is 0 Å². The second-order valence-corrected chi connectivity index (χ2v) is 7.48. The minimum atomic E-state index is -3.31. The summed E-state index contributed by atoms with van der Waals surface area (Å²) in [5, 5.41) is 3.43. The van der Waals surface area contributed by atoms with Crippen LogP contribution in [0.2, 0.25) is 5.02 Å². The second-order valence-electron chi connectivity index (χ2n) is 5.03. The highest BCUT2D eigenvalue weighted by Crippen LogP contribution is 2.25. The minimum Gasteiger partial charge on any atom is -0.345 e. The van der Waals surface area contributed by atoms with E-state index in [1.54, 1.807) is 42.5 Å². The number of carbonyl (C=O) groups is 1. The number of hydrogen-bond acceptors (Lipinski definition) is 3. The summed E-state index contributed by atoms with van der Waals surface area (Å²) in [5.41, 5.74) is 1.52. The lowest BCUT2D eigenvalue weighted by Gasteiger charge is -2.19. The second kappa shape index (κ2) is 6.50. The molecule has 4 nitrogen and oxygen atoms in total. The maximum Gasteiger partial charge on any atom is 0.217 e. The number of sulfone groups is 1. The fraction of sp³-hybridized carbons (Fsp3) is 0.188. The molecule has 1 atom stereocenters. The summed E-state index contributed by atoms with van der Waals surface area (Å²) >= 11 is 5.89. The monoisotopic (exact) mass is 337 g/mol. The highest BCUT2D eigenvalue weighted by Gasteiger charge is 2.17. The standard InChI is InChI=1S/C16H16ClNO3S/c1-11(19)18-16(12-6-8-14(17)9-7-12)13-4-3-5-15(10-13)22(2,20)21/h3-10,16H,1-2H3,(H,18,19)/t16-/m1/s1. The van der Waals surface area contributed by atoms with Crippen molar-refractivity contribution in [1.82, 2.24) is 5.32 Å². The molecule has 2 aromatic rings. The van der Waals surface area contributed by atoms with Crippen molar-refractivity contribution in [1.29, 1.82) is 0 Å². The summed E-state index contributed by atoms with van der Waals surface area (Å²) in [4.78, 5) is 11.7. The van der Waals surface area contributed by atoms with Crippen molar-refractivity contribution in [3.05, 3.63) is 64.7 Å². The lowest BCUT2D eigenvalue weighted by molar-refractivity contribution is -0.119. The highest BCUT2D eigenvalue weighted by molar-refractivity contribution is 7.90. The highest BCUT2D eigenvalue weighted by atomic mass is 35.5. The van der Waals surface area contributed by atoms with Gasteiger partial charge in [-0.15, -0.1) is 0 Å². The minimum absolute atomic E-state index is 0.204. The van der Waals surface area contributed by atoms with Crippen LogP contribution in [0.3, 0.4) is 0 Å². The van der Waals surface area contributed by atoms with Gasteiger partial charge in [-0.3, -0.25) is 4.79 Å². The van der Waals surface area contributed by atoms with Gasteiger partial charge in [-0.05, 0) is 35.4 Å². The van der Waals surface area contributed by atoms with Gasteiger partial charge in [0.25, 0.3) is 0 Å². The predicted molar refractivity (Wildman–Crippen MR) is 86.7 cm³/mol. The SMILES string of the molecule is CC(=O)N[C@H](c1ccc(Cl)cc1)c1cccc(S(C)(=O)=O)c1. The van der Waals surface area contributed by atoms with Crippen LogP contribution < -0.4 is 5.32 Å². The fourth-order valence-corrected chi connectivity index (χ4v) is 2.94. The number of amides is 1. The maximum absolute atomic E-state index is 11.7. The molecule has 1 amide bonds. The summed E-state index contributed by atoms with van der Waals surface area (Å²) in [6.07, 6.45) is 1.15. The molecule has 0 saturated heterocycles. The molecule has 1 N–H and O–H groups in total. The molecule has 22 heavy (non-hydrogen) atoms. The number of nitrogens with one attached hydrogen (secondary N) is 1. The number of carbonyl (C=O) groups excluding carboxylic acids is 1. The molecule has 2 aromatic carbocycles. The molecule has 116 valence electrons. The molecular formula is C16H16ClNO3S. The zero-order chi connectivity index (χ0) is 16.3. The van der Waals surface area contributed by atoms with Gasteiger partial charge in [0.15, 0.2) is 9.84 Å². The first-order chi connectivity index (χ1) is 10.3. The van der Waals surface area contributed by atoms with Gasteiger partial charge in [0.05, 0.1) is 10.9 Å². The van der Waals surface area contributed by atoms with Crippen molar-refractivity contribution >= 4 is 27.3 Å². The van der Waals surface area contributed by atoms with Gasteiger partial charge in [-0.1, -0.05) is 35.9 Å². The van der Waals surface area contributed by atoms with Gasteiger partial charge >= 0.3 is 0 Å². The zero-order valence-corrected chi connectivity index (χ0v) is 13.8. The van der Waals surface area contributed by atoms with Crippen LogP contribution in [-0.4, -0.2) is 20.6 Å². The van der Waals surface area contributed by atoms with Gasteiger partial charge in [0.2, 0.25) is 5.91 Å². The first-order valence-corrected chi connectivity index (χ1v) is 8.87. The molecule has 0 radical (unpaired) electrons. The van der Waals surface area contributed by atoms with E-state index in [1.807, 2.05) is 0 Å². The van der Waals surface area contributed by atoms with Gasteiger partial charge in [0, 0.05) is 18.2 Å². The third-order valence-electron chi connectivity index (χ3n) is 3.17. The number of benzene rings is 2. The lowest BCUT2D eigenvalue weighted by Crippen LogP contribution is -2.27. The Bertz CT molecular complexity index is 785. The first kappa shape index (κ1) is 16.5. The predicted octanol–water partition coefficient (Wildman–Crippen LogP) is 2.97. The number of hydrogen-bond donors (Lipinski definition) is 1. The zero-order valence-electron chi connectivity index (χ0n) is 12.2. The lowest BCUT2D eigenvalue weighted by atomic mass is 9.99. The molecule has 0 saturated carbocycles. The summed E-state index contributed by atoms with van der Waals surface area (Å²) in [5.74, 6) is -0.204. The third-order valence-corrected chi connectivity index (χ3v) is 4.53. The normalized spacial score (nSPS) is 12.7. The summed E-state index contributed by atoms with van der Waals surface area (Å²) in [6.45, 7) is 1.42. The van der Waals surface area contributed by atoms with Crippen molar-refractivity contribution < 1.29 is 13.2 Å². The van der Waals surface area contributed by atoms with E-state index < -0.39 is 15.9 Å². The summed E-state index contributed by atoms with van der Waals surface area (Å²) in [6, 6.07) is 13.2. The summed E-state index contributed by atoms with van der Waals surface area (Å²) in [7, 11) is -3.31. The molecular weight excluding hydrogens is 322 g/mol. The van der Waals surface area contributed by atoms with Crippen LogP contribution >= 0.6 is 11.6 Å². The molecule has 0 aliphatic rings. The molecule has 0 fully saturated rings. The van der Waals surface area contributed by atoms with E-state index in [0.717, 1.165) is 11.8 Å². The molecule has 0 unspecified atom stereocenters. The number of halogens is 1. The van der Waals surface area contributed by atoms with Crippen molar-refractivity contribution in [2.75, 3.05) is 6.26 Å². The molecule has 2 rings (SSSR count). The molecule has 0 aliphatic carbocycles. The maximum atomic E-state index is 11.7. The van der Waals surface area contributed by atoms with Crippen LogP contribution in [0.1, 0.15) is 24.1 Å². The number of rotatable bonds is 4. The Balaban J connectivity index is 2.50. The topological polar surface area (TPSA) is 63.2 Å². The largest absolute Gasteiger partial charge is 0.345 e. The van der Waals surface area contributed by atoms with E-state index in [4.69, 9.17) is 11.6 Å². The molecule has 0 spiro atoms. The van der Waals surface area contributed by atoms with Gasteiger partial charge in [0.1, 0.15) is 0 Å². The Morgan fingerprint density at radius 1 is 1.09 bits per heavy atom. The van der Waals surface area contributed by atoms with Crippen molar-refractivity contribution in [3.8, 4) is 0 Å². The van der Waals surface area contributed by atoms with Gasteiger partial charge in [-0.2, -0.15) is 0 Å². The average Bonchev–Trinajstić information content (AvgIpc) is 2.45. The van der Waals surface area contributed by atoms with Crippen molar-refractivity contribution in [2.45, 2.75) is 17.9 Å². The first-order valence-electron chi connectivity index (χ1n) is 6.60. The Kier molecular flexibility index (Phi) is 4.88. The Morgan fingerprint density at radius 2 is 1.73 bits per heavy atom. The molecule has 6 heteroatoms. The van der Waals surface area contributed by atoms with Crippen LogP contribution in [0.25, 0.3) is 0 Å². The molecule has 0 heterocycles. The van der Waals surface area contributed by atoms with Crippen LogP contribution in [0.15, 0.2) is 53.4 Å². The van der Waals surface area contributed by atoms with E-state index in [1.165, 1.54) is 13.0 Å². The van der Waals surface area contributed by atoms with E-state index >= 15 is 0 Å². The van der Waals surface area contributed by atoms with Crippen molar-refractivity contribution in [3.63, 3.8) is 0 Å². The molecule has 0 bridgehead atoms. The fourth-order valence-electron chi connectivity index (χ4n) is 2.14. The Hall–Kier alpha value is -1.85. The van der Waals surface area contributed by atoms with Crippen LogP contribution in [-0.2, 0) is 14.6 Å². The quantitative estimate of drug-likeness (QED) is 0.932. The van der Waals surface area contributed by atoms with E-state index in [2.05, 4.69) is 5.32 Å². The van der Waals surface area contributed by atoms with E-state index in [-0.39, 0.29) is 10.8 Å².